The number of anilines is 1. The number of nitrogens with zero attached hydrogens (tertiary/aromatic N) is 1. The lowest BCUT2D eigenvalue weighted by atomic mass is 10.0. The maximum absolute atomic E-state index is 9.04. The van der Waals surface area contributed by atoms with E-state index in [-0.39, 0.29) is 12.1 Å². The van der Waals surface area contributed by atoms with Gasteiger partial charge in [-0.1, -0.05) is 17.7 Å². The molecule has 0 heterocycles. The fraction of sp³-hybridized carbons (Fsp3) is 0.647. The number of benzene rings is 1. The van der Waals surface area contributed by atoms with Crippen molar-refractivity contribution in [2.75, 3.05) is 24.6 Å². The van der Waals surface area contributed by atoms with Gasteiger partial charge in [-0.05, 0) is 52.7 Å². The summed E-state index contributed by atoms with van der Waals surface area (Å²) >= 11 is 0. The highest BCUT2D eigenvalue weighted by molar-refractivity contribution is 5.55. The van der Waals surface area contributed by atoms with Gasteiger partial charge in [-0.25, -0.2) is 0 Å². The lowest BCUT2D eigenvalue weighted by molar-refractivity contribution is 0.289. The Morgan fingerprint density at radius 3 is 2.50 bits per heavy atom. The van der Waals surface area contributed by atoms with Crippen LogP contribution in [-0.4, -0.2) is 30.3 Å². The van der Waals surface area contributed by atoms with E-state index in [1.807, 2.05) is 0 Å². The van der Waals surface area contributed by atoms with E-state index in [0.717, 1.165) is 26.1 Å². The Morgan fingerprint density at radius 1 is 1.25 bits per heavy atom. The van der Waals surface area contributed by atoms with Crippen LogP contribution in [0.2, 0.25) is 0 Å². The molecule has 0 saturated carbocycles. The van der Waals surface area contributed by atoms with Gasteiger partial charge in [-0.3, -0.25) is 0 Å². The van der Waals surface area contributed by atoms with Crippen LogP contribution in [0.5, 0.6) is 0 Å². The summed E-state index contributed by atoms with van der Waals surface area (Å²) in [5.41, 5.74) is 4.02. The molecule has 0 unspecified atom stereocenters. The second-order valence-electron chi connectivity index (χ2n) is 6.39. The van der Waals surface area contributed by atoms with Gasteiger partial charge in [0.25, 0.3) is 0 Å². The second kappa shape index (κ2) is 7.65. The molecule has 1 aromatic rings. The number of hydrogen-bond donors (Lipinski definition) is 2. The van der Waals surface area contributed by atoms with Crippen molar-refractivity contribution in [1.82, 2.24) is 5.32 Å². The van der Waals surface area contributed by atoms with Crippen LogP contribution >= 0.6 is 0 Å². The normalized spacial score (nSPS) is 11.7. The van der Waals surface area contributed by atoms with Crippen LogP contribution in [0.25, 0.3) is 0 Å². The van der Waals surface area contributed by atoms with Crippen LogP contribution < -0.4 is 10.2 Å². The Hall–Kier alpha value is -1.06. The smallest absolute Gasteiger partial charge is 0.0447 e. The lowest BCUT2D eigenvalue weighted by Gasteiger charge is -2.28. The largest absolute Gasteiger partial charge is 0.396 e. The van der Waals surface area contributed by atoms with Gasteiger partial charge in [0.15, 0.2) is 0 Å². The van der Waals surface area contributed by atoms with Crippen molar-refractivity contribution in [3.63, 3.8) is 0 Å². The van der Waals surface area contributed by atoms with Crippen molar-refractivity contribution < 1.29 is 5.11 Å². The summed E-state index contributed by atoms with van der Waals surface area (Å²) in [6, 6.07) is 6.63. The molecule has 0 aliphatic rings. The van der Waals surface area contributed by atoms with Crippen LogP contribution in [0.1, 0.15) is 45.2 Å². The van der Waals surface area contributed by atoms with Gasteiger partial charge in [-0.2, -0.15) is 0 Å². The highest BCUT2D eigenvalue weighted by atomic mass is 16.3. The fourth-order valence-electron chi connectivity index (χ4n) is 2.24. The molecule has 0 amide bonds. The predicted octanol–water partition coefficient (Wildman–Crippen LogP) is 3.09. The summed E-state index contributed by atoms with van der Waals surface area (Å²) in [5, 5.41) is 12.6. The first-order valence-electron chi connectivity index (χ1n) is 7.57. The zero-order chi connectivity index (χ0) is 15.2. The first kappa shape index (κ1) is 17.0. The Kier molecular flexibility index (Phi) is 6.50. The highest BCUT2D eigenvalue weighted by Gasteiger charge is 2.13. The van der Waals surface area contributed by atoms with E-state index in [4.69, 9.17) is 5.11 Å². The molecular formula is C17H30N2O. The molecule has 0 fully saturated rings. The van der Waals surface area contributed by atoms with Gasteiger partial charge in [0.05, 0.1) is 0 Å². The Labute approximate surface area is 124 Å². The second-order valence-corrected chi connectivity index (χ2v) is 6.39. The molecule has 0 bridgehead atoms. The molecule has 0 saturated heterocycles. The van der Waals surface area contributed by atoms with Crippen LogP contribution in [0, 0.1) is 6.92 Å². The molecule has 2 N–H and O–H groups in total. The van der Waals surface area contributed by atoms with Crippen molar-refractivity contribution >= 4 is 5.69 Å². The Bertz CT molecular complexity index is 410. The van der Waals surface area contributed by atoms with E-state index in [0.29, 0.717) is 0 Å². The van der Waals surface area contributed by atoms with Crippen LogP contribution in [0.15, 0.2) is 18.2 Å². The van der Waals surface area contributed by atoms with Crippen LogP contribution in [0.3, 0.4) is 0 Å². The Morgan fingerprint density at radius 2 is 1.95 bits per heavy atom. The van der Waals surface area contributed by atoms with Crippen molar-refractivity contribution in [2.24, 2.45) is 0 Å². The fourth-order valence-corrected chi connectivity index (χ4v) is 2.24. The standard InChI is InChI=1S/C17H30N2O/c1-6-19(10-7-11-20)16-9-8-14(2)12-15(16)13-18-17(3,4)5/h8-9,12,18,20H,6-7,10-11,13H2,1-5H3. The molecule has 1 aromatic carbocycles. The maximum Gasteiger partial charge on any atom is 0.0447 e. The number of hydrogen-bond acceptors (Lipinski definition) is 3. The summed E-state index contributed by atoms with van der Waals surface area (Å²) in [6.45, 7) is 13.8. The summed E-state index contributed by atoms with van der Waals surface area (Å²) in [6.07, 6.45) is 0.813. The highest BCUT2D eigenvalue weighted by Crippen LogP contribution is 2.23. The zero-order valence-corrected chi connectivity index (χ0v) is 13.7. The molecule has 20 heavy (non-hydrogen) atoms. The summed E-state index contributed by atoms with van der Waals surface area (Å²) in [7, 11) is 0. The summed E-state index contributed by atoms with van der Waals surface area (Å²) < 4.78 is 0. The molecule has 114 valence electrons. The Balaban J connectivity index is 2.93. The first-order chi connectivity index (χ1) is 9.37. The average molecular weight is 278 g/mol. The third kappa shape index (κ3) is 5.51. The van der Waals surface area contributed by atoms with Gasteiger partial charge < -0.3 is 15.3 Å². The van der Waals surface area contributed by atoms with Crippen molar-refractivity contribution in [1.29, 1.82) is 0 Å². The van der Waals surface area contributed by atoms with Gasteiger partial charge >= 0.3 is 0 Å². The minimum atomic E-state index is 0.114. The number of nitrogens with one attached hydrogen (secondary N) is 1. The predicted molar refractivity (Wildman–Crippen MR) is 87.4 cm³/mol. The quantitative estimate of drug-likeness (QED) is 0.804. The van der Waals surface area contributed by atoms with Gasteiger partial charge in [0, 0.05) is 37.5 Å². The number of aryl methyl sites for hydroxylation is 1. The van der Waals surface area contributed by atoms with Gasteiger partial charge in [-0.15, -0.1) is 0 Å². The van der Waals surface area contributed by atoms with E-state index >= 15 is 0 Å². The minimum Gasteiger partial charge on any atom is -0.396 e. The van der Waals surface area contributed by atoms with Crippen molar-refractivity contribution in [2.45, 2.75) is 53.1 Å². The van der Waals surface area contributed by atoms with Crippen LogP contribution in [0.4, 0.5) is 5.69 Å². The zero-order valence-electron chi connectivity index (χ0n) is 13.7. The molecule has 0 aromatic heterocycles. The van der Waals surface area contributed by atoms with E-state index in [2.05, 4.69) is 63.0 Å². The minimum absolute atomic E-state index is 0.114. The van der Waals surface area contributed by atoms with E-state index < -0.39 is 0 Å². The van der Waals surface area contributed by atoms with E-state index in [9.17, 15) is 0 Å². The summed E-state index contributed by atoms with van der Waals surface area (Å²) in [5.74, 6) is 0. The molecular weight excluding hydrogens is 248 g/mol. The maximum atomic E-state index is 9.04. The first-order valence-corrected chi connectivity index (χ1v) is 7.57. The third-order valence-electron chi connectivity index (χ3n) is 3.35. The molecule has 3 nitrogen and oxygen atoms in total. The number of aliphatic hydroxyl groups excluding tert-OH is 1. The molecule has 0 radical (unpaired) electrons. The monoisotopic (exact) mass is 278 g/mol. The molecule has 0 aliphatic carbocycles. The van der Waals surface area contributed by atoms with E-state index in [1.165, 1.54) is 16.8 Å². The average Bonchev–Trinajstić information content (AvgIpc) is 2.38. The molecule has 3 heteroatoms. The molecule has 0 spiro atoms. The molecule has 1 rings (SSSR count). The molecule has 0 aliphatic heterocycles. The van der Waals surface area contributed by atoms with E-state index in [1.54, 1.807) is 0 Å². The van der Waals surface area contributed by atoms with Crippen LogP contribution in [-0.2, 0) is 6.54 Å². The molecule has 0 atom stereocenters. The number of rotatable bonds is 7. The topological polar surface area (TPSA) is 35.5 Å². The van der Waals surface area contributed by atoms with Crippen molar-refractivity contribution in [3.05, 3.63) is 29.3 Å². The summed E-state index contributed by atoms with van der Waals surface area (Å²) in [4.78, 5) is 2.34. The SMILES string of the molecule is CCN(CCCO)c1ccc(C)cc1CNC(C)(C)C. The lowest BCUT2D eigenvalue weighted by Crippen LogP contribution is -2.36. The van der Waals surface area contributed by atoms with Crippen molar-refractivity contribution in [3.8, 4) is 0 Å². The third-order valence-corrected chi connectivity index (χ3v) is 3.35. The number of aliphatic hydroxyl groups is 1. The van der Waals surface area contributed by atoms with Gasteiger partial charge in [0.2, 0.25) is 0 Å². The van der Waals surface area contributed by atoms with Gasteiger partial charge in [0.1, 0.15) is 0 Å².